The first-order chi connectivity index (χ1) is 17.9. The first-order valence-corrected chi connectivity index (χ1v) is 11.8. The molecule has 5 rings (SSSR count). The zero-order valence-electron chi connectivity index (χ0n) is 18.8. The smallest absolute Gasteiger partial charge is 0.416 e. The van der Waals surface area contributed by atoms with E-state index in [-0.39, 0.29) is 40.6 Å². The fourth-order valence-electron chi connectivity index (χ4n) is 3.37. The van der Waals surface area contributed by atoms with Crippen LogP contribution in [0.25, 0.3) is 17.3 Å². The molecule has 0 atom stereocenters. The molecule has 0 aliphatic heterocycles. The number of furan rings is 1. The molecule has 0 radical (unpaired) electrons. The molecule has 37 heavy (non-hydrogen) atoms. The van der Waals surface area contributed by atoms with Gasteiger partial charge in [0.25, 0.3) is 5.91 Å². The minimum absolute atomic E-state index is 0.0927. The molecule has 0 bridgehead atoms. The third-order valence-corrected chi connectivity index (χ3v) is 6.01. The number of rotatable bonds is 8. The summed E-state index contributed by atoms with van der Waals surface area (Å²) < 4.78 is 52.3. The quantitative estimate of drug-likeness (QED) is 0.276. The standard InChI is InChI=1S/C24H17F3N6O3S/c25-24(26,27)16-5-1-6-17(10-16)33-21(19-7-3-9-35-19)31-32-23(33)37-14-20-30-18(13-36-20)22(34)29-12-15-4-2-8-28-11-15/h1-11,13H,12,14H2,(H,29,34). The highest BCUT2D eigenvalue weighted by Gasteiger charge is 2.31. The predicted molar refractivity (Wildman–Crippen MR) is 126 cm³/mol. The van der Waals surface area contributed by atoms with Crippen LogP contribution in [-0.4, -0.2) is 30.6 Å². The van der Waals surface area contributed by atoms with Crippen molar-refractivity contribution in [3.63, 3.8) is 0 Å². The summed E-state index contributed by atoms with van der Waals surface area (Å²) in [6, 6.07) is 11.7. The largest absolute Gasteiger partial charge is 0.461 e. The van der Waals surface area contributed by atoms with Crippen LogP contribution in [0, 0.1) is 0 Å². The van der Waals surface area contributed by atoms with Crippen LogP contribution in [0.15, 0.2) is 87.4 Å². The van der Waals surface area contributed by atoms with Gasteiger partial charge in [0.05, 0.1) is 23.3 Å². The van der Waals surface area contributed by atoms with Gasteiger partial charge in [-0.05, 0) is 42.0 Å². The van der Waals surface area contributed by atoms with Gasteiger partial charge in [0, 0.05) is 18.9 Å². The number of aromatic nitrogens is 5. The van der Waals surface area contributed by atoms with Gasteiger partial charge in [0.15, 0.2) is 16.6 Å². The van der Waals surface area contributed by atoms with E-state index in [4.69, 9.17) is 8.83 Å². The molecule has 188 valence electrons. The number of amides is 1. The van der Waals surface area contributed by atoms with Gasteiger partial charge in [-0.3, -0.25) is 14.3 Å². The fourth-order valence-corrected chi connectivity index (χ4v) is 4.17. The van der Waals surface area contributed by atoms with Crippen LogP contribution in [0.3, 0.4) is 0 Å². The molecule has 0 saturated heterocycles. The molecule has 1 amide bonds. The van der Waals surface area contributed by atoms with Crippen LogP contribution in [0.5, 0.6) is 0 Å². The molecular weight excluding hydrogens is 509 g/mol. The Hall–Kier alpha value is -4.39. The van der Waals surface area contributed by atoms with Gasteiger partial charge >= 0.3 is 6.18 Å². The monoisotopic (exact) mass is 526 g/mol. The molecule has 0 aliphatic rings. The number of nitrogens with one attached hydrogen (secondary N) is 1. The molecule has 0 spiro atoms. The SMILES string of the molecule is O=C(NCc1cccnc1)c1coc(CSc2nnc(-c3ccco3)n2-c2cccc(C(F)(F)F)c2)n1. The number of carbonyl (C=O) groups excluding carboxylic acids is 1. The zero-order chi connectivity index (χ0) is 25.8. The van der Waals surface area contributed by atoms with Crippen molar-refractivity contribution >= 4 is 17.7 Å². The lowest BCUT2D eigenvalue weighted by atomic mass is 10.2. The third kappa shape index (κ3) is 5.56. The second kappa shape index (κ2) is 10.3. The molecule has 1 N–H and O–H groups in total. The molecule has 4 aromatic heterocycles. The minimum Gasteiger partial charge on any atom is -0.461 e. The molecule has 0 unspecified atom stereocenters. The fraction of sp³-hybridized carbons (Fsp3) is 0.125. The minimum atomic E-state index is -4.52. The lowest BCUT2D eigenvalue weighted by Crippen LogP contribution is -2.23. The van der Waals surface area contributed by atoms with Gasteiger partial charge in [-0.2, -0.15) is 13.2 Å². The number of pyridine rings is 1. The second-order valence-electron chi connectivity index (χ2n) is 7.63. The van der Waals surface area contributed by atoms with Crippen LogP contribution >= 0.6 is 11.8 Å². The summed E-state index contributed by atoms with van der Waals surface area (Å²) >= 11 is 1.13. The Morgan fingerprint density at radius 3 is 2.73 bits per heavy atom. The Balaban J connectivity index is 1.35. The van der Waals surface area contributed by atoms with E-state index in [0.29, 0.717) is 5.76 Å². The summed E-state index contributed by atoms with van der Waals surface area (Å²) in [5.74, 6) is 0.520. The first kappa shape index (κ1) is 24.3. The average Bonchev–Trinajstić information content (AvgIpc) is 3.67. The van der Waals surface area contributed by atoms with Crippen molar-refractivity contribution in [1.82, 2.24) is 30.0 Å². The van der Waals surface area contributed by atoms with Crippen molar-refractivity contribution in [2.75, 3.05) is 0 Å². The van der Waals surface area contributed by atoms with Crippen molar-refractivity contribution in [3.8, 4) is 17.3 Å². The lowest BCUT2D eigenvalue weighted by Gasteiger charge is -2.12. The van der Waals surface area contributed by atoms with Gasteiger partial charge in [-0.15, -0.1) is 10.2 Å². The maximum atomic E-state index is 13.4. The summed E-state index contributed by atoms with van der Waals surface area (Å²) in [5, 5.41) is 11.3. The molecular formula is C24H17F3N6O3S. The summed E-state index contributed by atoms with van der Waals surface area (Å²) in [6.07, 6.45) is 1.43. The van der Waals surface area contributed by atoms with Gasteiger partial charge in [0.1, 0.15) is 6.26 Å². The highest BCUT2D eigenvalue weighted by Crippen LogP contribution is 2.34. The zero-order valence-corrected chi connectivity index (χ0v) is 19.7. The molecule has 5 aromatic rings. The Kier molecular flexibility index (Phi) is 6.77. The van der Waals surface area contributed by atoms with E-state index in [0.717, 1.165) is 29.5 Å². The average molecular weight is 527 g/mol. The topological polar surface area (TPSA) is 112 Å². The van der Waals surface area contributed by atoms with E-state index in [1.807, 2.05) is 6.07 Å². The summed E-state index contributed by atoms with van der Waals surface area (Å²) in [6.45, 7) is 0.277. The number of benzene rings is 1. The molecule has 0 saturated carbocycles. The number of hydrogen-bond donors (Lipinski definition) is 1. The maximum Gasteiger partial charge on any atom is 0.416 e. The van der Waals surface area contributed by atoms with Crippen LogP contribution in [0.1, 0.15) is 27.5 Å². The van der Waals surface area contributed by atoms with Crippen molar-refractivity contribution in [2.24, 2.45) is 0 Å². The van der Waals surface area contributed by atoms with Crippen LogP contribution in [0.2, 0.25) is 0 Å². The van der Waals surface area contributed by atoms with Crippen LogP contribution in [0.4, 0.5) is 13.2 Å². The molecule has 0 fully saturated rings. The Labute approximate surface area is 211 Å². The second-order valence-corrected chi connectivity index (χ2v) is 8.57. The van der Waals surface area contributed by atoms with Crippen molar-refractivity contribution in [2.45, 2.75) is 23.6 Å². The lowest BCUT2D eigenvalue weighted by molar-refractivity contribution is -0.137. The van der Waals surface area contributed by atoms with Gasteiger partial charge in [0.2, 0.25) is 11.7 Å². The van der Waals surface area contributed by atoms with Crippen LogP contribution < -0.4 is 5.32 Å². The predicted octanol–water partition coefficient (Wildman–Crippen LogP) is 5.15. The highest BCUT2D eigenvalue weighted by molar-refractivity contribution is 7.98. The number of nitrogens with zero attached hydrogens (tertiary/aromatic N) is 5. The van der Waals surface area contributed by atoms with Gasteiger partial charge < -0.3 is 14.2 Å². The number of oxazole rings is 1. The van der Waals surface area contributed by atoms with E-state index in [1.165, 1.54) is 29.2 Å². The van der Waals surface area contributed by atoms with E-state index < -0.39 is 17.6 Å². The molecule has 0 aliphatic carbocycles. The molecule has 13 heteroatoms. The number of alkyl halides is 3. The Bertz CT molecular complexity index is 1500. The normalized spacial score (nSPS) is 11.5. The van der Waals surface area contributed by atoms with E-state index in [9.17, 15) is 18.0 Å². The van der Waals surface area contributed by atoms with Crippen molar-refractivity contribution < 1.29 is 26.8 Å². The number of hydrogen-bond acceptors (Lipinski definition) is 8. The first-order valence-electron chi connectivity index (χ1n) is 10.8. The third-order valence-electron chi connectivity index (χ3n) is 5.09. The molecule has 4 heterocycles. The highest BCUT2D eigenvalue weighted by atomic mass is 32.2. The van der Waals surface area contributed by atoms with E-state index in [2.05, 4.69) is 25.5 Å². The summed E-state index contributed by atoms with van der Waals surface area (Å²) in [4.78, 5) is 20.6. The number of thioether (sulfide) groups is 1. The molecule has 9 nitrogen and oxygen atoms in total. The van der Waals surface area contributed by atoms with Crippen molar-refractivity contribution in [3.05, 3.63) is 96.2 Å². The maximum absolute atomic E-state index is 13.4. The summed E-state index contributed by atoms with van der Waals surface area (Å²) in [5.41, 5.74) is 0.317. The van der Waals surface area contributed by atoms with E-state index in [1.54, 1.807) is 30.6 Å². The van der Waals surface area contributed by atoms with Crippen molar-refractivity contribution in [1.29, 1.82) is 0 Å². The Morgan fingerprint density at radius 2 is 1.97 bits per heavy atom. The number of halogens is 3. The van der Waals surface area contributed by atoms with E-state index >= 15 is 0 Å². The number of carbonyl (C=O) groups is 1. The Morgan fingerprint density at radius 1 is 1.08 bits per heavy atom. The summed E-state index contributed by atoms with van der Waals surface area (Å²) in [7, 11) is 0. The van der Waals surface area contributed by atoms with Gasteiger partial charge in [-0.25, -0.2) is 4.98 Å². The van der Waals surface area contributed by atoms with Gasteiger partial charge in [-0.1, -0.05) is 23.9 Å². The van der Waals surface area contributed by atoms with Crippen LogP contribution in [-0.2, 0) is 18.5 Å². The molecule has 1 aromatic carbocycles.